The Morgan fingerprint density at radius 2 is 1.62 bits per heavy atom. The number of hydrogen-bond donors (Lipinski definition) is 0. The summed E-state index contributed by atoms with van der Waals surface area (Å²) in [7, 11) is -4.20. The summed E-state index contributed by atoms with van der Waals surface area (Å²) in [5, 5.41) is 0. The Balaban J connectivity index is 1.99. The molecule has 0 heterocycles. The second-order valence-electron chi connectivity index (χ2n) is 7.20. The average Bonchev–Trinajstić information content (AvgIpc) is 2.73. The molecule has 9 heteroatoms. The highest BCUT2D eigenvalue weighted by Crippen LogP contribution is 2.33. The molecule has 0 N–H and O–H groups in total. The molecule has 0 aliphatic carbocycles. The van der Waals surface area contributed by atoms with E-state index in [1.54, 1.807) is 26.0 Å². The molecule has 0 unspecified atom stereocenters. The Labute approximate surface area is 184 Å². The van der Waals surface area contributed by atoms with Crippen LogP contribution in [0.25, 0.3) is 0 Å². The molecule has 0 saturated carbocycles. The number of aryl methyl sites for hydroxylation is 2. The van der Waals surface area contributed by atoms with Crippen LogP contribution < -0.4 is 9.04 Å². The van der Waals surface area contributed by atoms with Gasteiger partial charge < -0.3 is 4.74 Å². The predicted molar refractivity (Wildman–Crippen MR) is 114 cm³/mol. The lowest BCUT2D eigenvalue weighted by Gasteiger charge is -2.26. The summed E-state index contributed by atoms with van der Waals surface area (Å²) in [6, 6.07) is 14.1. The van der Waals surface area contributed by atoms with Gasteiger partial charge in [-0.1, -0.05) is 18.2 Å². The van der Waals surface area contributed by atoms with Crippen LogP contribution in [0.1, 0.15) is 16.7 Å². The second kappa shape index (κ2) is 9.20. The van der Waals surface area contributed by atoms with Gasteiger partial charge in [-0.2, -0.15) is 13.2 Å². The predicted octanol–water partition coefficient (Wildman–Crippen LogP) is 5.74. The molecule has 0 aliphatic rings. The largest absolute Gasteiger partial charge is 0.492 e. The van der Waals surface area contributed by atoms with Gasteiger partial charge in [-0.3, -0.25) is 4.31 Å². The van der Waals surface area contributed by atoms with Crippen LogP contribution in [-0.4, -0.2) is 21.6 Å². The van der Waals surface area contributed by atoms with E-state index in [9.17, 15) is 26.0 Å². The first-order valence-electron chi connectivity index (χ1n) is 9.64. The Morgan fingerprint density at radius 1 is 0.938 bits per heavy atom. The summed E-state index contributed by atoms with van der Waals surface area (Å²) >= 11 is 0. The highest BCUT2D eigenvalue weighted by atomic mass is 32.2. The first kappa shape index (κ1) is 23.6. The van der Waals surface area contributed by atoms with Crippen molar-refractivity contribution in [2.24, 2.45) is 0 Å². The van der Waals surface area contributed by atoms with Crippen LogP contribution in [0.3, 0.4) is 0 Å². The minimum absolute atomic E-state index is 0.00306. The fraction of sp³-hybridized carbons (Fsp3) is 0.217. The lowest BCUT2D eigenvalue weighted by Crippen LogP contribution is -2.35. The number of ether oxygens (including phenoxy) is 1. The van der Waals surface area contributed by atoms with E-state index in [-0.39, 0.29) is 23.7 Å². The SMILES string of the molecule is Cc1ccc(C)c(S(=O)(=O)N(CCOc2ccc(F)cc2)c2cccc(C(F)(F)F)c2)c1. The number of alkyl halides is 3. The van der Waals surface area contributed by atoms with E-state index in [1.807, 2.05) is 0 Å². The first-order chi connectivity index (χ1) is 15.0. The molecule has 0 fully saturated rings. The number of sulfonamides is 1. The molecule has 0 aromatic heterocycles. The van der Waals surface area contributed by atoms with Crippen LogP contribution in [-0.2, 0) is 16.2 Å². The van der Waals surface area contributed by atoms with E-state index in [4.69, 9.17) is 4.74 Å². The summed E-state index contributed by atoms with van der Waals surface area (Å²) in [5.41, 5.74) is 0.0619. The molecule has 3 aromatic rings. The van der Waals surface area contributed by atoms with Crippen molar-refractivity contribution in [3.05, 3.63) is 89.2 Å². The number of nitrogens with zero attached hydrogens (tertiary/aromatic N) is 1. The van der Waals surface area contributed by atoms with Crippen molar-refractivity contribution < 1.29 is 30.7 Å². The van der Waals surface area contributed by atoms with Crippen molar-refractivity contribution in [2.75, 3.05) is 17.5 Å². The summed E-state index contributed by atoms with van der Waals surface area (Å²) in [6.45, 7) is 2.93. The standard InChI is InChI=1S/C23H21F4NO3S/c1-16-6-7-17(2)22(14-16)32(29,30)28(12-13-31-21-10-8-19(24)9-11-21)20-5-3-4-18(15-20)23(25,26)27/h3-11,14-15H,12-13H2,1-2H3. The number of rotatable bonds is 7. The van der Waals surface area contributed by atoms with Gasteiger partial charge in [0, 0.05) is 0 Å². The third kappa shape index (κ3) is 5.40. The molecule has 0 amide bonds. The molecule has 3 rings (SSSR count). The van der Waals surface area contributed by atoms with Gasteiger partial charge in [0.2, 0.25) is 0 Å². The summed E-state index contributed by atoms with van der Waals surface area (Å²) < 4.78 is 86.2. The average molecular weight is 467 g/mol. The molecule has 0 radical (unpaired) electrons. The number of halogens is 4. The monoisotopic (exact) mass is 467 g/mol. The molecule has 4 nitrogen and oxygen atoms in total. The van der Waals surface area contributed by atoms with Crippen molar-refractivity contribution in [3.8, 4) is 5.75 Å². The smallest absolute Gasteiger partial charge is 0.416 e. The van der Waals surface area contributed by atoms with E-state index >= 15 is 0 Å². The molecule has 170 valence electrons. The maximum Gasteiger partial charge on any atom is 0.416 e. The van der Waals surface area contributed by atoms with Crippen LogP contribution in [0, 0.1) is 19.7 Å². The highest BCUT2D eigenvalue weighted by Gasteiger charge is 2.33. The Kier molecular flexibility index (Phi) is 6.78. The maximum absolute atomic E-state index is 13.5. The Hall–Kier alpha value is -3.07. The van der Waals surface area contributed by atoms with E-state index in [1.165, 1.54) is 36.4 Å². The van der Waals surface area contributed by atoms with Crippen molar-refractivity contribution in [3.63, 3.8) is 0 Å². The van der Waals surface area contributed by atoms with Crippen LogP contribution in [0.5, 0.6) is 5.75 Å². The van der Waals surface area contributed by atoms with Crippen molar-refractivity contribution >= 4 is 15.7 Å². The zero-order valence-electron chi connectivity index (χ0n) is 17.4. The number of hydrogen-bond acceptors (Lipinski definition) is 3. The van der Waals surface area contributed by atoms with Gasteiger partial charge in [0.25, 0.3) is 10.0 Å². The van der Waals surface area contributed by atoms with Gasteiger partial charge in [-0.25, -0.2) is 12.8 Å². The van der Waals surface area contributed by atoms with Gasteiger partial charge in [0.05, 0.1) is 22.7 Å². The van der Waals surface area contributed by atoms with E-state index in [0.29, 0.717) is 16.9 Å². The van der Waals surface area contributed by atoms with Gasteiger partial charge in [-0.05, 0) is 73.5 Å². The zero-order valence-corrected chi connectivity index (χ0v) is 18.2. The van der Waals surface area contributed by atoms with E-state index < -0.39 is 27.6 Å². The molecular formula is C23H21F4NO3S. The van der Waals surface area contributed by atoms with Gasteiger partial charge in [0.15, 0.2) is 0 Å². The fourth-order valence-electron chi connectivity index (χ4n) is 3.11. The molecule has 0 atom stereocenters. The Bertz CT molecular complexity index is 1190. The third-order valence-electron chi connectivity index (χ3n) is 4.75. The van der Waals surface area contributed by atoms with E-state index in [2.05, 4.69) is 0 Å². The second-order valence-corrected chi connectivity index (χ2v) is 9.03. The highest BCUT2D eigenvalue weighted by molar-refractivity contribution is 7.92. The van der Waals surface area contributed by atoms with Gasteiger partial charge in [-0.15, -0.1) is 0 Å². The first-order valence-corrected chi connectivity index (χ1v) is 11.1. The maximum atomic E-state index is 13.5. The molecule has 3 aromatic carbocycles. The molecule has 0 aliphatic heterocycles. The van der Waals surface area contributed by atoms with E-state index in [0.717, 1.165) is 22.5 Å². The van der Waals surface area contributed by atoms with Crippen molar-refractivity contribution in [1.29, 1.82) is 0 Å². The fourth-order valence-corrected chi connectivity index (χ4v) is 4.86. The molecule has 0 spiro atoms. The zero-order chi connectivity index (χ0) is 23.5. The number of anilines is 1. The Morgan fingerprint density at radius 3 is 2.28 bits per heavy atom. The van der Waals surface area contributed by atoms with Crippen LogP contribution in [0.4, 0.5) is 23.2 Å². The molecule has 0 saturated heterocycles. The van der Waals surface area contributed by atoms with Crippen LogP contribution in [0.15, 0.2) is 71.6 Å². The third-order valence-corrected chi connectivity index (χ3v) is 6.72. The van der Waals surface area contributed by atoms with Crippen molar-refractivity contribution in [1.82, 2.24) is 0 Å². The van der Waals surface area contributed by atoms with Crippen molar-refractivity contribution in [2.45, 2.75) is 24.9 Å². The molecule has 0 bridgehead atoms. The summed E-state index contributed by atoms with van der Waals surface area (Å²) in [6.07, 6.45) is -4.63. The minimum Gasteiger partial charge on any atom is -0.492 e. The quantitative estimate of drug-likeness (QED) is 0.417. The van der Waals surface area contributed by atoms with Gasteiger partial charge in [0.1, 0.15) is 18.2 Å². The topological polar surface area (TPSA) is 46.6 Å². The summed E-state index contributed by atoms with van der Waals surface area (Å²) in [5.74, 6) is -0.153. The normalized spacial score (nSPS) is 11.9. The number of benzene rings is 3. The van der Waals surface area contributed by atoms with Gasteiger partial charge >= 0.3 is 6.18 Å². The molecule has 32 heavy (non-hydrogen) atoms. The lowest BCUT2D eigenvalue weighted by atomic mass is 10.2. The summed E-state index contributed by atoms with van der Waals surface area (Å²) in [4.78, 5) is -0.00306. The van der Waals surface area contributed by atoms with Crippen LogP contribution >= 0.6 is 0 Å². The van der Waals surface area contributed by atoms with Crippen LogP contribution in [0.2, 0.25) is 0 Å². The lowest BCUT2D eigenvalue weighted by molar-refractivity contribution is -0.137. The molecular weight excluding hydrogens is 446 g/mol. The minimum atomic E-state index is -4.63.